The molecule has 0 aliphatic carbocycles. The fraction of sp³-hybridized carbons (Fsp3) is 0.238. The predicted molar refractivity (Wildman–Crippen MR) is 109 cm³/mol. The van der Waals surface area contributed by atoms with Gasteiger partial charge >= 0.3 is 11.9 Å². The zero-order chi connectivity index (χ0) is 21.5. The molecule has 1 amide bonds. The number of carbonyl (C=O) groups excluding carboxylic acids is 1. The normalized spacial score (nSPS) is 14.5. The number of piperidine rings is 1. The molecule has 156 valence electrons. The maximum atomic E-state index is 12.8. The molecule has 1 aliphatic rings. The first-order chi connectivity index (χ1) is 14.5. The van der Waals surface area contributed by atoms with Gasteiger partial charge in [0.15, 0.2) is 0 Å². The molecular formula is C21H22N4O5. The Hall–Kier alpha value is -3.88. The van der Waals surface area contributed by atoms with Gasteiger partial charge in [-0.3, -0.25) is 4.79 Å². The van der Waals surface area contributed by atoms with E-state index in [1.165, 1.54) is 5.69 Å². The highest BCUT2D eigenvalue weighted by Crippen LogP contribution is 2.28. The molecule has 1 fully saturated rings. The summed E-state index contributed by atoms with van der Waals surface area (Å²) in [5, 5.41) is 16.6. The number of aromatic amines is 2. The minimum atomic E-state index is -1.26. The molecule has 4 N–H and O–H groups in total. The van der Waals surface area contributed by atoms with Crippen molar-refractivity contribution in [2.45, 2.75) is 18.8 Å². The van der Waals surface area contributed by atoms with E-state index in [2.05, 4.69) is 15.0 Å². The number of aliphatic carboxylic acids is 2. The maximum absolute atomic E-state index is 12.8. The number of likely N-dealkylation sites (tertiary alicyclic amines) is 1. The molecule has 0 unspecified atom stereocenters. The molecular weight excluding hydrogens is 388 g/mol. The molecule has 3 aromatic rings. The second kappa shape index (κ2) is 9.55. The number of carboxylic acid groups (broad SMARTS) is 2. The largest absolute Gasteiger partial charge is 0.478 e. The van der Waals surface area contributed by atoms with Crippen LogP contribution in [-0.2, 0) is 9.59 Å². The minimum Gasteiger partial charge on any atom is -0.478 e. The molecule has 0 spiro atoms. The van der Waals surface area contributed by atoms with Crippen LogP contribution in [0.3, 0.4) is 0 Å². The second-order valence-corrected chi connectivity index (χ2v) is 6.83. The zero-order valence-corrected chi connectivity index (χ0v) is 16.1. The Morgan fingerprint density at radius 3 is 2.30 bits per heavy atom. The number of carbonyl (C=O) groups is 3. The van der Waals surface area contributed by atoms with Crippen LogP contribution in [0.4, 0.5) is 0 Å². The van der Waals surface area contributed by atoms with E-state index in [1.54, 1.807) is 6.33 Å². The standard InChI is InChI=1S/C17H18N4O.C4H4O4/c22-17(14-9-19-15-4-2-1-3-13(14)15)21-7-5-12(6-8-21)16-10-18-11-20-16;5-3(6)1-2-4(7)8/h1-4,9-12,19H,5-8H2,(H,18,20);1-2H,(H,5,6)(H,7,8). The number of benzene rings is 1. The van der Waals surface area contributed by atoms with Crippen LogP contribution < -0.4 is 0 Å². The molecule has 1 aliphatic heterocycles. The highest BCUT2D eigenvalue weighted by molar-refractivity contribution is 6.06. The molecule has 9 nitrogen and oxygen atoms in total. The number of carboxylic acids is 2. The number of fused-ring (bicyclic) bond motifs is 1. The van der Waals surface area contributed by atoms with Crippen LogP contribution in [0.5, 0.6) is 0 Å². The van der Waals surface area contributed by atoms with Crippen molar-refractivity contribution in [2.75, 3.05) is 13.1 Å². The Kier molecular flexibility index (Phi) is 6.63. The van der Waals surface area contributed by atoms with E-state index >= 15 is 0 Å². The first-order valence-electron chi connectivity index (χ1n) is 9.43. The molecule has 1 saturated heterocycles. The minimum absolute atomic E-state index is 0.125. The number of hydrogen-bond acceptors (Lipinski definition) is 4. The molecule has 0 saturated carbocycles. The second-order valence-electron chi connectivity index (χ2n) is 6.83. The van der Waals surface area contributed by atoms with Crippen molar-refractivity contribution in [3.8, 4) is 0 Å². The monoisotopic (exact) mass is 410 g/mol. The summed E-state index contributed by atoms with van der Waals surface area (Å²) in [4.78, 5) is 44.3. The van der Waals surface area contributed by atoms with Gasteiger partial charge in [0.2, 0.25) is 0 Å². The number of rotatable bonds is 4. The van der Waals surface area contributed by atoms with Crippen LogP contribution in [0.2, 0.25) is 0 Å². The Morgan fingerprint density at radius 2 is 1.70 bits per heavy atom. The number of para-hydroxylation sites is 1. The lowest BCUT2D eigenvalue weighted by atomic mass is 9.93. The summed E-state index contributed by atoms with van der Waals surface area (Å²) in [6.45, 7) is 1.59. The Balaban J connectivity index is 0.000000275. The third-order valence-electron chi connectivity index (χ3n) is 4.93. The summed E-state index contributed by atoms with van der Waals surface area (Å²) in [6, 6.07) is 7.94. The summed E-state index contributed by atoms with van der Waals surface area (Å²) in [6.07, 6.45) is 8.52. The lowest BCUT2D eigenvalue weighted by Crippen LogP contribution is -2.37. The van der Waals surface area contributed by atoms with E-state index in [-0.39, 0.29) is 5.91 Å². The average molecular weight is 410 g/mol. The highest BCUT2D eigenvalue weighted by Gasteiger charge is 2.26. The summed E-state index contributed by atoms with van der Waals surface area (Å²) < 4.78 is 0. The van der Waals surface area contributed by atoms with Gasteiger partial charge < -0.3 is 25.1 Å². The van der Waals surface area contributed by atoms with Crippen LogP contribution in [-0.4, -0.2) is 61.0 Å². The highest BCUT2D eigenvalue weighted by atomic mass is 16.4. The number of aromatic nitrogens is 3. The lowest BCUT2D eigenvalue weighted by Gasteiger charge is -2.31. The van der Waals surface area contributed by atoms with Gasteiger partial charge in [-0.1, -0.05) is 18.2 Å². The number of nitrogens with one attached hydrogen (secondary N) is 2. The fourth-order valence-corrected chi connectivity index (χ4v) is 3.44. The molecule has 2 aromatic heterocycles. The molecule has 3 heterocycles. The summed E-state index contributed by atoms with van der Waals surface area (Å²) in [7, 11) is 0. The van der Waals surface area contributed by atoms with Gasteiger partial charge in [-0.2, -0.15) is 0 Å². The summed E-state index contributed by atoms with van der Waals surface area (Å²) in [5.41, 5.74) is 2.97. The van der Waals surface area contributed by atoms with Gasteiger partial charge in [0.25, 0.3) is 5.91 Å². The van der Waals surface area contributed by atoms with E-state index in [0.29, 0.717) is 18.1 Å². The van der Waals surface area contributed by atoms with Crippen LogP contribution in [0.25, 0.3) is 10.9 Å². The SMILES string of the molecule is O=C(O)C=CC(=O)O.O=C(c1c[nH]c2ccccc12)N1CCC(c2cnc[nH]2)CC1. The van der Waals surface area contributed by atoms with Crippen molar-refractivity contribution in [3.05, 3.63) is 66.4 Å². The smallest absolute Gasteiger partial charge is 0.328 e. The summed E-state index contributed by atoms with van der Waals surface area (Å²) in [5.74, 6) is -1.91. The van der Waals surface area contributed by atoms with Gasteiger partial charge in [-0.25, -0.2) is 14.6 Å². The Morgan fingerprint density at radius 1 is 1.03 bits per heavy atom. The number of H-pyrrole nitrogens is 2. The Bertz CT molecular complexity index is 1030. The van der Waals surface area contributed by atoms with Crippen LogP contribution in [0.15, 0.2) is 55.1 Å². The third kappa shape index (κ3) is 5.13. The topological polar surface area (TPSA) is 139 Å². The first-order valence-corrected chi connectivity index (χ1v) is 9.43. The van der Waals surface area contributed by atoms with E-state index in [1.807, 2.05) is 41.6 Å². The fourth-order valence-electron chi connectivity index (χ4n) is 3.44. The van der Waals surface area contributed by atoms with Crippen molar-refractivity contribution >= 4 is 28.7 Å². The summed E-state index contributed by atoms with van der Waals surface area (Å²) >= 11 is 0. The van der Waals surface area contributed by atoms with Crippen molar-refractivity contribution in [1.82, 2.24) is 19.9 Å². The van der Waals surface area contributed by atoms with Crippen LogP contribution >= 0.6 is 0 Å². The maximum Gasteiger partial charge on any atom is 0.328 e. The third-order valence-corrected chi connectivity index (χ3v) is 4.93. The van der Waals surface area contributed by atoms with Gasteiger partial charge in [0.05, 0.1) is 11.9 Å². The van der Waals surface area contributed by atoms with Gasteiger partial charge in [-0.05, 0) is 18.9 Å². The predicted octanol–water partition coefficient (Wildman–Crippen LogP) is 2.62. The zero-order valence-electron chi connectivity index (χ0n) is 16.1. The number of nitrogens with zero attached hydrogens (tertiary/aromatic N) is 2. The van der Waals surface area contributed by atoms with Crippen molar-refractivity contribution in [1.29, 1.82) is 0 Å². The van der Waals surface area contributed by atoms with Crippen molar-refractivity contribution in [2.24, 2.45) is 0 Å². The number of amides is 1. The molecule has 30 heavy (non-hydrogen) atoms. The quantitative estimate of drug-likeness (QED) is 0.488. The van der Waals surface area contributed by atoms with E-state index in [4.69, 9.17) is 10.2 Å². The molecule has 4 rings (SSSR count). The van der Waals surface area contributed by atoms with Crippen molar-refractivity contribution in [3.63, 3.8) is 0 Å². The van der Waals surface area contributed by atoms with E-state index < -0.39 is 11.9 Å². The number of hydrogen-bond donors (Lipinski definition) is 4. The first kappa shape index (κ1) is 20.8. The van der Waals surface area contributed by atoms with Gasteiger partial charge in [0, 0.05) is 60.1 Å². The van der Waals surface area contributed by atoms with Gasteiger partial charge in [0.1, 0.15) is 0 Å². The molecule has 0 radical (unpaired) electrons. The molecule has 9 heteroatoms. The van der Waals surface area contributed by atoms with Crippen LogP contribution in [0, 0.1) is 0 Å². The van der Waals surface area contributed by atoms with E-state index in [9.17, 15) is 14.4 Å². The average Bonchev–Trinajstić information content (AvgIpc) is 3.42. The van der Waals surface area contributed by atoms with Gasteiger partial charge in [-0.15, -0.1) is 0 Å². The van der Waals surface area contributed by atoms with Crippen LogP contribution in [0.1, 0.15) is 34.8 Å². The van der Waals surface area contributed by atoms with Crippen molar-refractivity contribution < 1.29 is 24.6 Å². The molecule has 1 aromatic carbocycles. The number of imidazole rings is 1. The molecule has 0 atom stereocenters. The molecule has 0 bridgehead atoms. The lowest BCUT2D eigenvalue weighted by molar-refractivity contribution is -0.134. The van der Waals surface area contributed by atoms with E-state index in [0.717, 1.165) is 42.4 Å². The Labute approximate surface area is 172 Å².